The Kier molecular flexibility index (Phi) is 5.70. The van der Waals surface area contributed by atoms with E-state index in [2.05, 4.69) is 25.8 Å². The highest BCUT2D eigenvalue weighted by molar-refractivity contribution is 5.84. The van der Waals surface area contributed by atoms with Crippen LogP contribution in [0.25, 0.3) is 16.7 Å². The summed E-state index contributed by atoms with van der Waals surface area (Å²) in [6, 6.07) is 5.71. The van der Waals surface area contributed by atoms with Gasteiger partial charge in [0.2, 0.25) is 11.6 Å². The molecule has 0 aliphatic heterocycles. The molecule has 27 heavy (non-hydrogen) atoms. The van der Waals surface area contributed by atoms with Gasteiger partial charge in [0.25, 0.3) is 0 Å². The Morgan fingerprint density at radius 1 is 1.30 bits per heavy atom. The average Bonchev–Trinajstić information content (AvgIpc) is 3.05. The van der Waals surface area contributed by atoms with Crippen LogP contribution in [0.3, 0.4) is 0 Å². The lowest BCUT2D eigenvalue weighted by molar-refractivity contribution is -0.128. The highest BCUT2D eigenvalue weighted by Gasteiger charge is 2.13. The summed E-state index contributed by atoms with van der Waals surface area (Å²) in [5.41, 5.74) is 2.38. The molecular formula is C18H24N6O3. The molecule has 0 spiro atoms. The monoisotopic (exact) mass is 372 g/mol. The minimum atomic E-state index is -0.980. The first-order valence-electron chi connectivity index (χ1n) is 8.90. The molecule has 9 heteroatoms. The Bertz CT molecular complexity index is 953. The maximum atomic E-state index is 11.3. The van der Waals surface area contributed by atoms with Crippen LogP contribution in [-0.2, 0) is 4.79 Å². The standard InChI is InChI=1S/C18H24N6O3/c1-11(25)18(26)20-9-5-4-8-19-16-17-23-22-12(2)24(17)15-7-6-13(27-3)10-14(15)21-16/h6-7,10-11,25H,4-5,8-9H2,1-3H3,(H,19,21)(H,20,26). The molecule has 0 radical (unpaired) electrons. The number of nitrogens with one attached hydrogen (secondary N) is 2. The molecule has 2 heterocycles. The van der Waals surface area contributed by atoms with Gasteiger partial charge in [-0.1, -0.05) is 0 Å². The number of carbonyl (C=O) groups is 1. The van der Waals surface area contributed by atoms with E-state index in [0.717, 1.165) is 35.4 Å². The number of aryl methyl sites for hydroxylation is 1. The van der Waals surface area contributed by atoms with Crippen molar-refractivity contribution in [1.29, 1.82) is 0 Å². The zero-order chi connectivity index (χ0) is 19.4. The molecule has 1 aromatic carbocycles. The van der Waals surface area contributed by atoms with E-state index < -0.39 is 6.10 Å². The minimum Gasteiger partial charge on any atom is -0.497 e. The van der Waals surface area contributed by atoms with Gasteiger partial charge in [-0.2, -0.15) is 0 Å². The molecule has 0 aliphatic carbocycles. The van der Waals surface area contributed by atoms with Gasteiger partial charge in [0.1, 0.15) is 17.7 Å². The molecule has 1 unspecified atom stereocenters. The number of rotatable bonds is 8. The molecule has 3 N–H and O–H groups in total. The Morgan fingerprint density at radius 3 is 2.81 bits per heavy atom. The molecule has 1 amide bonds. The van der Waals surface area contributed by atoms with Gasteiger partial charge in [-0.15, -0.1) is 10.2 Å². The molecular weight excluding hydrogens is 348 g/mol. The van der Waals surface area contributed by atoms with Crippen molar-refractivity contribution < 1.29 is 14.6 Å². The lowest BCUT2D eigenvalue weighted by atomic mass is 10.2. The number of aromatic nitrogens is 4. The van der Waals surface area contributed by atoms with Crippen molar-refractivity contribution >= 4 is 28.4 Å². The lowest BCUT2D eigenvalue weighted by Gasteiger charge is -2.11. The number of aliphatic hydroxyl groups excluding tert-OH is 1. The van der Waals surface area contributed by atoms with Crippen LogP contribution >= 0.6 is 0 Å². The number of hydrogen-bond acceptors (Lipinski definition) is 7. The predicted octanol–water partition coefficient (Wildman–Crippen LogP) is 1.28. The summed E-state index contributed by atoms with van der Waals surface area (Å²) in [5.74, 6) is 1.82. The van der Waals surface area contributed by atoms with Crippen molar-refractivity contribution in [1.82, 2.24) is 24.9 Å². The quantitative estimate of drug-likeness (QED) is 0.511. The van der Waals surface area contributed by atoms with Crippen molar-refractivity contribution in [3.8, 4) is 5.75 Å². The molecule has 0 bridgehead atoms. The van der Waals surface area contributed by atoms with Gasteiger partial charge in [0.05, 0.1) is 18.1 Å². The summed E-state index contributed by atoms with van der Waals surface area (Å²) in [4.78, 5) is 16.0. The number of fused-ring (bicyclic) bond motifs is 3. The van der Waals surface area contributed by atoms with Gasteiger partial charge in [-0.05, 0) is 38.8 Å². The first-order chi connectivity index (χ1) is 13.0. The number of nitrogens with zero attached hydrogens (tertiary/aromatic N) is 4. The number of unbranched alkanes of at least 4 members (excludes halogenated alkanes) is 1. The topological polar surface area (TPSA) is 114 Å². The average molecular weight is 372 g/mol. The van der Waals surface area contributed by atoms with Crippen molar-refractivity contribution in [3.63, 3.8) is 0 Å². The molecule has 0 aliphatic rings. The first kappa shape index (κ1) is 18.8. The van der Waals surface area contributed by atoms with Crippen molar-refractivity contribution in [2.45, 2.75) is 32.8 Å². The highest BCUT2D eigenvalue weighted by Crippen LogP contribution is 2.24. The molecule has 2 aromatic heterocycles. The van der Waals surface area contributed by atoms with Gasteiger partial charge in [0.15, 0.2) is 5.82 Å². The largest absolute Gasteiger partial charge is 0.497 e. The maximum absolute atomic E-state index is 11.3. The van der Waals surface area contributed by atoms with Gasteiger partial charge >= 0.3 is 0 Å². The highest BCUT2D eigenvalue weighted by atomic mass is 16.5. The number of benzene rings is 1. The van der Waals surface area contributed by atoms with Crippen LogP contribution in [-0.4, -0.2) is 56.9 Å². The summed E-state index contributed by atoms with van der Waals surface area (Å²) in [5, 5.41) is 23.5. The second-order valence-corrected chi connectivity index (χ2v) is 6.32. The summed E-state index contributed by atoms with van der Waals surface area (Å²) in [7, 11) is 1.62. The van der Waals surface area contributed by atoms with E-state index in [0.29, 0.717) is 24.6 Å². The zero-order valence-corrected chi connectivity index (χ0v) is 15.7. The fraction of sp³-hybridized carbons (Fsp3) is 0.444. The zero-order valence-electron chi connectivity index (χ0n) is 15.7. The SMILES string of the molecule is COc1ccc2c(c1)nc(NCCCCNC(=O)C(C)O)c1nnc(C)n12. The van der Waals surface area contributed by atoms with Crippen LogP contribution in [0.2, 0.25) is 0 Å². The Hall–Kier alpha value is -2.94. The molecule has 9 nitrogen and oxygen atoms in total. The fourth-order valence-electron chi connectivity index (χ4n) is 2.82. The third kappa shape index (κ3) is 4.08. The number of methoxy groups -OCH3 is 1. The second-order valence-electron chi connectivity index (χ2n) is 6.32. The summed E-state index contributed by atoms with van der Waals surface area (Å²) in [6.45, 7) is 4.54. The number of hydrogen-bond donors (Lipinski definition) is 3. The maximum Gasteiger partial charge on any atom is 0.248 e. The van der Waals surface area contributed by atoms with Crippen molar-refractivity contribution in [2.24, 2.45) is 0 Å². The van der Waals surface area contributed by atoms with E-state index in [4.69, 9.17) is 9.84 Å². The Morgan fingerprint density at radius 2 is 2.07 bits per heavy atom. The lowest BCUT2D eigenvalue weighted by Crippen LogP contribution is -2.33. The van der Waals surface area contributed by atoms with E-state index in [-0.39, 0.29) is 5.91 Å². The van der Waals surface area contributed by atoms with E-state index in [1.54, 1.807) is 7.11 Å². The normalized spacial score (nSPS) is 12.3. The van der Waals surface area contributed by atoms with Crippen molar-refractivity contribution in [3.05, 3.63) is 24.0 Å². The van der Waals surface area contributed by atoms with Crippen LogP contribution in [0, 0.1) is 6.92 Å². The molecule has 3 rings (SSSR count). The fourth-order valence-corrected chi connectivity index (χ4v) is 2.82. The van der Waals surface area contributed by atoms with Gasteiger partial charge < -0.3 is 20.5 Å². The smallest absolute Gasteiger partial charge is 0.248 e. The second kappa shape index (κ2) is 8.17. The molecule has 0 fully saturated rings. The van der Waals surface area contributed by atoms with Crippen molar-refractivity contribution in [2.75, 3.05) is 25.5 Å². The summed E-state index contributed by atoms with van der Waals surface area (Å²) < 4.78 is 7.26. The number of anilines is 1. The first-order valence-corrected chi connectivity index (χ1v) is 8.90. The molecule has 0 saturated heterocycles. The molecule has 0 saturated carbocycles. The summed E-state index contributed by atoms with van der Waals surface area (Å²) >= 11 is 0. The van der Waals surface area contributed by atoms with Crippen LogP contribution in [0.1, 0.15) is 25.6 Å². The van der Waals surface area contributed by atoms with Gasteiger partial charge in [-0.3, -0.25) is 9.20 Å². The molecule has 144 valence electrons. The Labute approximate surface area is 156 Å². The number of amides is 1. The molecule has 1 atom stereocenters. The van der Waals surface area contributed by atoms with Crippen LogP contribution < -0.4 is 15.4 Å². The van der Waals surface area contributed by atoms with Crippen LogP contribution in [0.5, 0.6) is 5.75 Å². The van der Waals surface area contributed by atoms with Crippen LogP contribution in [0.15, 0.2) is 18.2 Å². The number of ether oxygens (including phenoxy) is 1. The van der Waals surface area contributed by atoms with Gasteiger partial charge in [0, 0.05) is 19.2 Å². The number of aliphatic hydroxyl groups is 1. The van der Waals surface area contributed by atoms with E-state index in [1.165, 1.54) is 6.92 Å². The third-order valence-corrected chi connectivity index (χ3v) is 4.27. The van der Waals surface area contributed by atoms with E-state index >= 15 is 0 Å². The Balaban J connectivity index is 1.71. The van der Waals surface area contributed by atoms with Gasteiger partial charge in [-0.25, -0.2) is 4.98 Å². The molecule has 3 aromatic rings. The van der Waals surface area contributed by atoms with E-state index in [9.17, 15) is 4.79 Å². The summed E-state index contributed by atoms with van der Waals surface area (Å²) in [6.07, 6.45) is 0.637. The third-order valence-electron chi connectivity index (χ3n) is 4.27. The van der Waals surface area contributed by atoms with E-state index in [1.807, 2.05) is 29.5 Å². The predicted molar refractivity (Wildman–Crippen MR) is 102 cm³/mol. The number of carbonyl (C=O) groups excluding carboxylic acids is 1. The minimum absolute atomic E-state index is 0.353. The van der Waals surface area contributed by atoms with Crippen LogP contribution in [0.4, 0.5) is 5.82 Å².